The molecule has 130 valence electrons. The molecule has 0 aliphatic carbocycles. The van der Waals surface area contributed by atoms with Crippen molar-refractivity contribution in [1.82, 2.24) is 10.7 Å². The topological polar surface area (TPSA) is 111 Å². The van der Waals surface area contributed by atoms with E-state index in [1.54, 1.807) is 24.3 Å². The monoisotopic (exact) mass is 345 g/mol. The van der Waals surface area contributed by atoms with E-state index in [0.29, 0.717) is 28.6 Å². The number of benzene rings is 1. The number of carbonyl (C=O) groups is 2. The van der Waals surface area contributed by atoms with Crippen LogP contribution in [0.1, 0.15) is 11.3 Å². The molecule has 0 fully saturated rings. The Morgan fingerprint density at radius 1 is 1.32 bits per heavy atom. The summed E-state index contributed by atoms with van der Waals surface area (Å²) < 4.78 is 20.8. The normalized spacial score (nSPS) is 12.2. The van der Waals surface area contributed by atoms with Crippen molar-refractivity contribution in [2.75, 3.05) is 13.9 Å². The van der Waals surface area contributed by atoms with Gasteiger partial charge in [-0.2, -0.15) is 5.10 Å². The van der Waals surface area contributed by atoms with Gasteiger partial charge < -0.3 is 23.9 Å². The van der Waals surface area contributed by atoms with Gasteiger partial charge in [-0.1, -0.05) is 0 Å². The van der Waals surface area contributed by atoms with Crippen LogP contribution in [0.15, 0.2) is 40.0 Å². The molecule has 1 aliphatic heterocycles. The van der Waals surface area contributed by atoms with Crippen LogP contribution in [0.2, 0.25) is 0 Å². The number of hydrogen-bond acceptors (Lipinski definition) is 7. The average molecular weight is 345 g/mol. The van der Waals surface area contributed by atoms with Gasteiger partial charge in [0.25, 0.3) is 0 Å². The van der Waals surface area contributed by atoms with Crippen molar-refractivity contribution in [3.63, 3.8) is 0 Å². The van der Waals surface area contributed by atoms with E-state index < -0.39 is 11.8 Å². The van der Waals surface area contributed by atoms with Gasteiger partial charge in [0.2, 0.25) is 12.5 Å². The van der Waals surface area contributed by atoms with Crippen LogP contribution in [0.3, 0.4) is 0 Å². The summed E-state index contributed by atoms with van der Waals surface area (Å²) in [6.45, 7) is 0.223. The molecule has 0 saturated carbocycles. The van der Waals surface area contributed by atoms with Gasteiger partial charge >= 0.3 is 11.8 Å². The predicted octanol–water partition coefficient (Wildman–Crippen LogP) is 0.783. The lowest BCUT2D eigenvalue weighted by molar-refractivity contribution is -0.139. The van der Waals surface area contributed by atoms with E-state index in [1.165, 1.54) is 19.6 Å². The number of methoxy groups -OCH3 is 1. The first kappa shape index (κ1) is 16.4. The lowest BCUT2D eigenvalue weighted by Gasteiger charge is -2.05. The number of nitrogens with zero attached hydrogens (tertiary/aromatic N) is 1. The number of ether oxygens (including phenoxy) is 3. The molecule has 25 heavy (non-hydrogen) atoms. The van der Waals surface area contributed by atoms with Crippen molar-refractivity contribution in [3.05, 3.63) is 41.9 Å². The van der Waals surface area contributed by atoms with E-state index in [0.717, 1.165) is 0 Å². The van der Waals surface area contributed by atoms with Crippen molar-refractivity contribution < 1.29 is 28.2 Å². The van der Waals surface area contributed by atoms with Gasteiger partial charge in [0.1, 0.15) is 5.76 Å². The van der Waals surface area contributed by atoms with E-state index in [4.69, 9.17) is 18.6 Å². The Bertz CT molecular complexity index is 800. The molecule has 0 bridgehead atoms. The summed E-state index contributed by atoms with van der Waals surface area (Å²) in [4.78, 5) is 23.3. The van der Waals surface area contributed by atoms with Crippen LogP contribution < -0.4 is 25.0 Å². The number of nitrogens with one attached hydrogen (secondary N) is 2. The molecule has 2 amide bonds. The molecule has 0 atom stereocenters. The Balaban J connectivity index is 1.55. The number of rotatable bonds is 5. The van der Waals surface area contributed by atoms with Gasteiger partial charge in [0.15, 0.2) is 11.5 Å². The van der Waals surface area contributed by atoms with Gasteiger partial charge in [-0.3, -0.25) is 9.59 Å². The van der Waals surface area contributed by atoms with Crippen LogP contribution in [0, 0.1) is 0 Å². The van der Waals surface area contributed by atoms with Crippen LogP contribution in [0.4, 0.5) is 0 Å². The molecule has 0 spiro atoms. The first-order valence-electron chi connectivity index (χ1n) is 7.28. The molecule has 9 nitrogen and oxygen atoms in total. The fraction of sp³-hybridized carbons (Fsp3) is 0.188. The minimum Gasteiger partial charge on any atom is -0.493 e. The molecule has 1 aromatic carbocycles. The third kappa shape index (κ3) is 3.89. The molecular formula is C16H15N3O6. The minimum absolute atomic E-state index is 0.110. The summed E-state index contributed by atoms with van der Waals surface area (Å²) in [6, 6.07) is 6.71. The standard InChI is InChI=1S/C16H15N3O6/c1-22-12-5-10(6-13-14(12)25-9-24-13)7-18-19-16(21)15(20)17-8-11-3-2-4-23-11/h2-7H,8-9H2,1H3,(H,17,20)(H,19,21)/b18-7-. The Labute approximate surface area is 142 Å². The van der Waals surface area contributed by atoms with Crippen molar-refractivity contribution in [3.8, 4) is 17.2 Å². The molecule has 0 radical (unpaired) electrons. The van der Waals surface area contributed by atoms with E-state index >= 15 is 0 Å². The quantitative estimate of drug-likeness (QED) is 0.471. The van der Waals surface area contributed by atoms with Crippen LogP contribution in [-0.2, 0) is 16.1 Å². The number of carbonyl (C=O) groups excluding carboxylic acids is 2. The van der Waals surface area contributed by atoms with Crippen LogP contribution in [0.25, 0.3) is 0 Å². The van der Waals surface area contributed by atoms with Gasteiger partial charge in [0.05, 0.1) is 26.1 Å². The number of fused-ring (bicyclic) bond motifs is 1. The zero-order valence-corrected chi connectivity index (χ0v) is 13.3. The Kier molecular flexibility index (Phi) is 4.84. The zero-order valence-electron chi connectivity index (χ0n) is 13.3. The summed E-state index contributed by atoms with van der Waals surface area (Å²) in [6.07, 6.45) is 2.84. The third-order valence-corrected chi connectivity index (χ3v) is 3.27. The fourth-order valence-corrected chi connectivity index (χ4v) is 2.10. The van der Waals surface area contributed by atoms with E-state index in [1.807, 2.05) is 0 Å². The predicted molar refractivity (Wildman–Crippen MR) is 85.4 cm³/mol. The summed E-state index contributed by atoms with van der Waals surface area (Å²) >= 11 is 0. The summed E-state index contributed by atoms with van der Waals surface area (Å²) in [5, 5.41) is 6.16. The van der Waals surface area contributed by atoms with Gasteiger partial charge in [-0.05, 0) is 24.3 Å². The Morgan fingerprint density at radius 2 is 2.20 bits per heavy atom. The van der Waals surface area contributed by atoms with Crippen molar-refractivity contribution >= 4 is 18.0 Å². The maximum absolute atomic E-state index is 11.7. The summed E-state index contributed by atoms with van der Waals surface area (Å²) in [7, 11) is 1.50. The van der Waals surface area contributed by atoms with E-state index in [2.05, 4.69) is 15.8 Å². The van der Waals surface area contributed by atoms with Crippen LogP contribution in [0.5, 0.6) is 17.2 Å². The lowest BCUT2D eigenvalue weighted by atomic mass is 10.2. The molecule has 2 heterocycles. The average Bonchev–Trinajstić information content (AvgIpc) is 3.30. The molecule has 0 saturated heterocycles. The van der Waals surface area contributed by atoms with E-state index in [-0.39, 0.29) is 13.3 Å². The lowest BCUT2D eigenvalue weighted by Crippen LogP contribution is -2.37. The number of furan rings is 1. The Morgan fingerprint density at radius 3 is 2.96 bits per heavy atom. The number of amides is 2. The smallest absolute Gasteiger partial charge is 0.329 e. The molecular weight excluding hydrogens is 330 g/mol. The molecule has 1 aromatic heterocycles. The number of hydrazone groups is 1. The second-order valence-corrected chi connectivity index (χ2v) is 4.92. The van der Waals surface area contributed by atoms with E-state index in [9.17, 15) is 9.59 Å². The molecule has 9 heteroatoms. The zero-order chi connectivity index (χ0) is 17.6. The highest BCUT2D eigenvalue weighted by Crippen LogP contribution is 2.41. The first-order chi connectivity index (χ1) is 12.2. The molecule has 3 rings (SSSR count). The first-order valence-corrected chi connectivity index (χ1v) is 7.28. The highest BCUT2D eigenvalue weighted by molar-refractivity contribution is 6.35. The fourth-order valence-electron chi connectivity index (χ4n) is 2.10. The number of hydrogen-bond donors (Lipinski definition) is 2. The highest BCUT2D eigenvalue weighted by atomic mass is 16.7. The van der Waals surface area contributed by atoms with Gasteiger partial charge in [0, 0.05) is 5.56 Å². The molecule has 1 aliphatic rings. The largest absolute Gasteiger partial charge is 0.493 e. The highest BCUT2D eigenvalue weighted by Gasteiger charge is 2.19. The van der Waals surface area contributed by atoms with Crippen LogP contribution >= 0.6 is 0 Å². The third-order valence-electron chi connectivity index (χ3n) is 3.27. The maximum Gasteiger partial charge on any atom is 0.329 e. The van der Waals surface area contributed by atoms with Gasteiger partial charge in [-0.25, -0.2) is 5.43 Å². The molecule has 2 N–H and O–H groups in total. The SMILES string of the molecule is COc1cc(/C=N\NC(=O)C(=O)NCc2ccco2)cc2c1OCO2. The second-order valence-electron chi connectivity index (χ2n) is 4.92. The van der Waals surface area contributed by atoms with Crippen molar-refractivity contribution in [1.29, 1.82) is 0 Å². The van der Waals surface area contributed by atoms with Crippen molar-refractivity contribution in [2.24, 2.45) is 5.10 Å². The minimum atomic E-state index is -0.893. The van der Waals surface area contributed by atoms with Crippen molar-refractivity contribution in [2.45, 2.75) is 6.54 Å². The maximum atomic E-state index is 11.7. The van der Waals surface area contributed by atoms with Gasteiger partial charge in [-0.15, -0.1) is 0 Å². The Hall–Kier alpha value is -3.49. The summed E-state index contributed by atoms with van der Waals surface area (Å²) in [5.74, 6) is 0.340. The molecule has 0 unspecified atom stereocenters. The molecule has 2 aromatic rings. The second kappa shape index (κ2) is 7.39. The summed E-state index contributed by atoms with van der Waals surface area (Å²) in [5.41, 5.74) is 2.75. The van der Waals surface area contributed by atoms with Crippen LogP contribution in [-0.4, -0.2) is 31.9 Å².